The van der Waals surface area contributed by atoms with Crippen molar-refractivity contribution in [3.8, 4) is 0 Å². The van der Waals surface area contributed by atoms with Gasteiger partial charge in [-0.1, -0.05) is 324 Å². The summed E-state index contributed by atoms with van der Waals surface area (Å²) in [6.45, 7) is 6.55. The maximum absolute atomic E-state index is 12.9. The molecule has 0 saturated heterocycles. The predicted octanol–water partition coefficient (Wildman–Crippen LogP) is 24.2. The minimum absolute atomic E-state index is 0.0728. The third kappa shape index (κ3) is 67.3. The molecule has 6 heteroatoms. The average molecular weight is 1130 g/mol. The molecule has 0 saturated carbocycles. The number of hydrogen-bond acceptors (Lipinski definition) is 6. The fraction of sp³-hybridized carbons (Fsp3) is 0.773. The molecule has 0 N–H and O–H groups in total. The minimum Gasteiger partial charge on any atom is -0.462 e. The highest BCUT2D eigenvalue weighted by atomic mass is 16.6. The van der Waals surface area contributed by atoms with E-state index in [0.29, 0.717) is 19.3 Å². The summed E-state index contributed by atoms with van der Waals surface area (Å²) >= 11 is 0. The van der Waals surface area contributed by atoms with E-state index in [4.69, 9.17) is 14.2 Å². The van der Waals surface area contributed by atoms with Crippen molar-refractivity contribution in [2.24, 2.45) is 0 Å². The predicted molar refractivity (Wildman–Crippen MR) is 353 cm³/mol. The molecular formula is C75H132O6. The van der Waals surface area contributed by atoms with E-state index in [-0.39, 0.29) is 31.1 Å². The molecule has 0 spiro atoms. The Morgan fingerprint density at radius 2 is 0.481 bits per heavy atom. The quantitative estimate of drug-likeness (QED) is 0.0261. The molecule has 0 aliphatic heterocycles. The number of carbonyl (C=O) groups is 3. The Morgan fingerprint density at radius 3 is 0.753 bits per heavy atom. The first kappa shape index (κ1) is 77.6. The fourth-order valence-corrected chi connectivity index (χ4v) is 10.2. The van der Waals surface area contributed by atoms with E-state index in [1.54, 1.807) is 0 Å². The first-order valence-corrected chi connectivity index (χ1v) is 35.1. The van der Waals surface area contributed by atoms with Gasteiger partial charge in [0.15, 0.2) is 6.10 Å². The van der Waals surface area contributed by atoms with Crippen LogP contribution in [0.3, 0.4) is 0 Å². The zero-order valence-corrected chi connectivity index (χ0v) is 53.8. The van der Waals surface area contributed by atoms with Gasteiger partial charge < -0.3 is 14.2 Å². The molecule has 81 heavy (non-hydrogen) atoms. The number of unbranched alkanes of at least 4 members (excludes halogenated alkanes) is 39. The van der Waals surface area contributed by atoms with E-state index >= 15 is 0 Å². The van der Waals surface area contributed by atoms with Crippen LogP contribution in [0.25, 0.3) is 0 Å². The van der Waals surface area contributed by atoms with E-state index in [9.17, 15) is 14.4 Å². The Balaban J connectivity index is 4.21. The largest absolute Gasteiger partial charge is 0.462 e. The highest BCUT2D eigenvalue weighted by molar-refractivity contribution is 5.71. The van der Waals surface area contributed by atoms with Crippen LogP contribution in [0.1, 0.15) is 355 Å². The van der Waals surface area contributed by atoms with Crippen LogP contribution in [0.5, 0.6) is 0 Å². The number of hydrogen-bond donors (Lipinski definition) is 0. The van der Waals surface area contributed by atoms with E-state index in [1.165, 1.54) is 218 Å². The van der Waals surface area contributed by atoms with Gasteiger partial charge in [0.1, 0.15) is 13.2 Å². The number of esters is 3. The molecule has 0 radical (unpaired) electrons. The molecule has 0 aliphatic rings. The third-order valence-corrected chi connectivity index (χ3v) is 15.4. The molecule has 0 bridgehead atoms. The molecule has 0 amide bonds. The van der Waals surface area contributed by atoms with Crippen molar-refractivity contribution in [1.82, 2.24) is 0 Å². The Kier molecular flexibility index (Phi) is 66.2. The molecule has 1 atom stereocenters. The lowest BCUT2D eigenvalue weighted by Crippen LogP contribution is -2.30. The third-order valence-electron chi connectivity index (χ3n) is 15.4. The van der Waals surface area contributed by atoms with Gasteiger partial charge in [-0.3, -0.25) is 14.4 Å². The van der Waals surface area contributed by atoms with Crippen LogP contribution >= 0.6 is 0 Å². The lowest BCUT2D eigenvalue weighted by Gasteiger charge is -2.18. The molecule has 0 aliphatic carbocycles. The smallest absolute Gasteiger partial charge is 0.306 e. The standard InChI is InChI=1S/C75H132O6/c1-4-7-10-13-16-19-22-24-26-28-30-32-34-35-36-37-38-39-41-42-44-46-48-50-53-56-59-62-65-68-74(77)80-71-72(70-79-73(76)67-64-61-58-55-52-21-18-15-12-9-6-3)81-75(78)69-66-63-60-57-54-51-49-47-45-43-40-33-31-29-27-25-23-20-17-14-11-8-5-2/h7,10,16,19,23-26,29-32,35-36,72H,4-6,8-9,11-15,17-18,20-22,27-28,33-34,37-71H2,1-3H3/b10-7-,19-16-,25-23-,26-24-,31-29-,32-30-,36-35-. The highest BCUT2D eigenvalue weighted by Crippen LogP contribution is 2.17. The van der Waals surface area contributed by atoms with Gasteiger partial charge in [0.25, 0.3) is 0 Å². The van der Waals surface area contributed by atoms with Crippen LogP contribution in [0.2, 0.25) is 0 Å². The van der Waals surface area contributed by atoms with E-state index in [0.717, 1.165) is 96.3 Å². The SMILES string of the molecule is CC/C=C\C/C=C\C/C=C\C/C=C\C/C=C\CCCCCCCCCCCCCCCC(=O)OCC(COC(=O)CCCCCCCCCCCCC)OC(=O)CCCCCCCCCCCCC/C=C\C/C=C\CCCCCCC. The average Bonchev–Trinajstić information content (AvgIpc) is 3.47. The van der Waals surface area contributed by atoms with Crippen molar-refractivity contribution < 1.29 is 28.6 Å². The molecule has 0 heterocycles. The molecular weight excluding hydrogens is 997 g/mol. The Hall–Kier alpha value is -3.41. The van der Waals surface area contributed by atoms with Gasteiger partial charge in [0.05, 0.1) is 0 Å². The monoisotopic (exact) mass is 1130 g/mol. The Morgan fingerprint density at radius 1 is 0.259 bits per heavy atom. The summed E-state index contributed by atoms with van der Waals surface area (Å²) in [6, 6.07) is 0. The van der Waals surface area contributed by atoms with Gasteiger partial charge in [-0.2, -0.15) is 0 Å². The van der Waals surface area contributed by atoms with Crippen LogP contribution in [0.4, 0.5) is 0 Å². The second-order valence-electron chi connectivity index (χ2n) is 23.4. The molecule has 0 aromatic rings. The van der Waals surface area contributed by atoms with Crippen LogP contribution in [-0.2, 0) is 28.6 Å². The van der Waals surface area contributed by atoms with Gasteiger partial charge in [-0.15, -0.1) is 0 Å². The molecule has 1 unspecified atom stereocenters. The zero-order chi connectivity index (χ0) is 58.5. The molecule has 468 valence electrons. The molecule has 0 aromatic heterocycles. The van der Waals surface area contributed by atoms with E-state index < -0.39 is 6.10 Å². The summed E-state index contributed by atoms with van der Waals surface area (Å²) < 4.78 is 17.0. The highest BCUT2D eigenvalue weighted by Gasteiger charge is 2.19. The van der Waals surface area contributed by atoms with Crippen molar-refractivity contribution in [2.75, 3.05) is 13.2 Å². The van der Waals surface area contributed by atoms with Crippen LogP contribution < -0.4 is 0 Å². The molecule has 0 fully saturated rings. The first-order chi connectivity index (χ1) is 40.0. The Bertz CT molecular complexity index is 1530. The van der Waals surface area contributed by atoms with Crippen molar-refractivity contribution in [3.63, 3.8) is 0 Å². The lowest BCUT2D eigenvalue weighted by atomic mass is 10.0. The van der Waals surface area contributed by atoms with Gasteiger partial charge >= 0.3 is 17.9 Å². The summed E-state index contributed by atoms with van der Waals surface area (Å²) in [5.74, 6) is -0.858. The van der Waals surface area contributed by atoms with E-state index in [2.05, 4.69) is 106 Å². The maximum Gasteiger partial charge on any atom is 0.306 e. The summed E-state index contributed by atoms with van der Waals surface area (Å²) in [7, 11) is 0. The first-order valence-electron chi connectivity index (χ1n) is 35.1. The minimum atomic E-state index is -0.777. The molecule has 0 rings (SSSR count). The van der Waals surface area contributed by atoms with Crippen LogP contribution in [0, 0.1) is 0 Å². The number of rotatable bonds is 64. The molecule has 6 nitrogen and oxygen atoms in total. The summed E-state index contributed by atoms with van der Waals surface area (Å²) in [6.07, 6.45) is 91.8. The van der Waals surface area contributed by atoms with Crippen molar-refractivity contribution in [3.05, 3.63) is 85.1 Å². The molecule has 0 aromatic carbocycles. The van der Waals surface area contributed by atoms with Crippen LogP contribution in [-0.4, -0.2) is 37.2 Å². The van der Waals surface area contributed by atoms with Crippen molar-refractivity contribution in [2.45, 2.75) is 361 Å². The normalized spacial score (nSPS) is 12.6. The van der Waals surface area contributed by atoms with Gasteiger partial charge in [0, 0.05) is 19.3 Å². The number of allylic oxidation sites excluding steroid dienone is 14. The summed E-state index contributed by atoms with van der Waals surface area (Å²) in [4.78, 5) is 38.4. The zero-order valence-electron chi connectivity index (χ0n) is 53.8. The number of ether oxygens (including phenoxy) is 3. The Labute approximate surface area is 503 Å². The maximum atomic E-state index is 12.9. The van der Waals surface area contributed by atoms with Crippen LogP contribution in [0.15, 0.2) is 85.1 Å². The van der Waals surface area contributed by atoms with Gasteiger partial charge in [0.2, 0.25) is 0 Å². The second kappa shape index (κ2) is 69.1. The van der Waals surface area contributed by atoms with Gasteiger partial charge in [-0.25, -0.2) is 0 Å². The van der Waals surface area contributed by atoms with Gasteiger partial charge in [-0.05, 0) is 96.3 Å². The summed E-state index contributed by atoms with van der Waals surface area (Å²) in [5, 5.41) is 0. The number of carbonyl (C=O) groups excluding carboxylic acids is 3. The van der Waals surface area contributed by atoms with Crippen molar-refractivity contribution >= 4 is 17.9 Å². The van der Waals surface area contributed by atoms with Crippen molar-refractivity contribution in [1.29, 1.82) is 0 Å². The lowest BCUT2D eigenvalue weighted by molar-refractivity contribution is -0.167. The van der Waals surface area contributed by atoms with E-state index in [1.807, 2.05) is 0 Å². The second-order valence-corrected chi connectivity index (χ2v) is 23.4. The topological polar surface area (TPSA) is 78.9 Å². The fourth-order valence-electron chi connectivity index (χ4n) is 10.2. The summed E-state index contributed by atoms with van der Waals surface area (Å²) in [5.41, 5.74) is 0.